The predicted molar refractivity (Wildman–Crippen MR) is 242 cm³/mol. The Morgan fingerprint density at radius 3 is 1.15 bits per heavy atom. The van der Waals surface area contributed by atoms with Crippen molar-refractivity contribution in [1.29, 1.82) is 0 Å². The molecule has 0 rings (SSSR count). The Bertz CT molecular complexity index is 818. The highest BCUT2D eigenvalue weighted by molar-refractivity contribution is 5.69. The summed E-state index contributed by atoms with van der Waals surface area (Å²) in [6.07, 6.45) is 62.3. The average molecular weight is 773 g/mol. The summed E-state index contributed by atoms with van der Waals surface area (Å²) in [4.78, 5) is 12.3. The van der Waals surface area contributed by atoms with E-state index in [0.29, 0.717) is 19.6 Å². The lowest BCUT2D eigenvalue weighted by atomic mass is 10.0. The van der Waals surface area contributed by atoms with Crippen molar-refractivity contribution in [1.82, 2.24) is 0 Å². The molecule has 0 radical (unpaired) electrons. The van der Waals surface area contributed by atoms with Gasteiger partial charge in [-0.05, 0) is 70.6 Å². The molecule has 55 heavy (non-hydrogen) atoms. The average Bonchev–Trinajstić information content (AvgIpc) is 3.19. The lowest BCUT2D eigenvalue weighted by Gasteiger charge is -2.16. The molecule has 0 aliphatic carbocycles. The smallest absolute Gasteiger partial charge is 0.306 e. The van der Waals surface area contributed by atoms with Crippen molar-refractivity contribution >= 4 is 5.97 Å². The number of carbonyl (C=O) groups excluding carboxylic acids is 1. The Hall–Kier alpha value is -1.39. The summed E-state index contributed by atoms with van der Waals surface area (Å²) in [7, 11) is 0. The number of allylic oxidation sites excluding steroid dienone is 6. The van der Waals surface area contributed by atoms with Gasteiger partial charge in [0.25, 0.3) is 0 Å². The second-order valence-corrected chi connectivity index (χ2v) is 16.5. The van der Waals surface area contributed by atoms with Gasteiger partial charge < -0.3 is 14.6 Å². The fourth-order valence-electron chi connectivity index (χ4n) is 7.24. The minimum atomic E-state index is -0.535. The molecule has 0 bridgehead atoms. The van der Waals surface area contributed by atoms with Gasteiger partial charge in [-0.15, -0.1) is 0 Å². The van der Waals surface area contributed by atoms with Crippen molar-refractivity contribution < 1.29 is 19.4 Å². The largest absolute Gasteiger partial charge is 0.457 e. The van der Waals surface area contributed by atoms with Crippen LogP contribution >= 0.6 is 0 Å². The van der Waals surface area contributed by atoms with E-state index in [1.807, 2.05) is 0 Å². The van der Waals surface area contributed by atoms with Crippen LogP contribution in [0.1, 0.15) is 258 Å². The summed E-state index contributed by atoms with van der Waals surface area (Å²) >= 11 is 0. The third-order valence-corrected chi connectivity index (χ3v) is 10.9. The highest BCUT2D eigenvalue weighted by Gasteiger charge is 2.13. The lowest BCUT2D eigenvalue weighted by molar-refractivity contribution is -0.154. The van der Waals surface area contributed by atoms with Crippen molar-refractivity contribution in [2.24, 2.45) is 0 Å². The Morgan fingerprint density at radius 2 is 0.764 bits per heavy atom. The minimum absolute atomic E-state index is 0.171. The Balaban J connectivity index is 3.39. The maximum atomic E-state index is 12.3. The van der Waals surface area contributed by atoms with E-state index >= 15 is 0 Å². The van der Waals surface area contributed by atoms with E-state index in [1.54, 1.807) is 0 Å². The molecular formula is C51H96O4. The summed E-state index contributed by atoms with van der Waals surface area (Å²) in [5, 5.41) is 9.63. The van der Waals surface area contributed by atoms with Gasteiger partial charge in [-0.25, -0.2) is 0 Å². The van der Waals surface area contributed by atoms with Crippen LogP contribution in [0.25, 0.3) is 0 Å². The van der Waals surface area contributed by atoms with Crippen LogP contribution in [0, 0.1) is 0 Å². The highest BCUT2D eigenvalue weighted by Crippen LogP contribution is 2.15. The monoisotopic (exact) mass is 773 g/mol. The molecule has 0 aromatic heterocycles. The van der Waals surface area contributed by atoms with Crippen LogP contribution in [-0.2, 0) is 14.3 Å². The van der Waals surface area contributed by atoms with Crippen LogP contribution < -0.4 is 0 Å². The number of hydrogen-bond acceptors (Lipinski definition) is 4. The zero-order valence-electron chi connectivity index (χ0n) is 37.2. The number of carbonyl (C=O) groups is 1. The SMILES string of the molecule is CCCCCCC/C=C\C/C=C\CCCCCCCCCCCCCCCC(=O)OC(CO)COCCCCCCCCCC/C=C\CCCCCCCC. The normalized spacial score (nSPS) is 12.6. The molecule has 4 nitrogen and oxygen atoms in total. The molecule has 0 aromatic carbocycles. The van der Waals surface area contributed by atoms with E-state index in [1.165, 1.54) is 212 Å². The van der Waals surface area contributed by atoms with Gasteiger partial charge in [0, 0.05) is 13.0 Å². The Morgan fingerprint density at radius 1 is 0.436 bits per heavy atom. The van der Waals surface area contributed by atoms with Crippen molar-refractivity contribution in [2.45, 2.75) is 264 Å². The molecule has 324 valence electrons. The molecule has 0 heterocycles. The number of esters is 1. The number of hydrogen-bond donors (Lipinski definition) is 1. The topological polar surface area (TPSA) is 55.8 Å². The minimum Gasteiger partial charge on any atom is -0.457 e. The van der Waals surface area contributed by atoms with Gasteiger partial charge in [0.05, 0.1) is 13.2 Å². The molecule has 0 saturated carbocycles. The maximum absolute atomic E-state index is 12.3. The number of aliphatic hydroxyl groups is 1. The second-order valence-electron chi connectivity index (χ2n) is 16.5. The van der Waals surface area contributed by atoms with E-state index in [0.717, 1.165) is 25.7 Å². The zero-order chi connectivity index (χ0) is 39.8. The first-order valence-electron chi connectivity index (χ1n) is 24.6. The van der Waals surface area contributed by atoms with Gasteiger partial charge in [-0.2, -0.15) is 0 Å². The van der Waals surface area contributed by atoms with Gasteiger partial charge in [0.15, 0.2) is 0 Å². The fraction of sp³-hybridized carbons (Fsp3) is 0.863. The molecule has 0 spiro atoms. The first-order valence-corrected chi connectivity index (χ1v) is 24.6. The summed E-state index contributed by atoms with van der Waals surface area (Å²) in [5.41, 5.74) is 0. The summed E-state index contributed by atoms with van der Waals surface area (Å²) < 4.78 is 11.2. The van der Waals surface area contributed by atoms with E-state index in [4.69, 9.17) is 9.47 Å². The van der Waals surface area contributed by atoms with Crippen molar-refractivity contribution in [3.63, 3.8) is 0 Å². The number of rotatable bonds is 46. The molecule has 0 aromatic rings. The lowest BCUT2D eigenvalue weighted by Crippen LogP contribution is -2.27. The van der Waals surface area contributed by atoms with Gasteiger partial charge >= 0.3 is 5.97 Å². The van der Waals surface area contributed by atoms with Crippen LogP contribution in [0.2, 0.25) is 0 Å². The van der Waals surface area contributed by atoms with E-state index in [-0.39, 0.29) is 12.6 Å². The van der Waals surface area contributed by atoms with Gasteiger partial charge in [0.1, 0.15) is 6.10 Å². The fourth-order valence-corrected chi connectivity index (χ4v) is 7.24. The van der Waals surface area contributed by atoms with Gasteiger partial charge in [0.2, 0.25) is 0 Å². The molecule has 0 amide bonds. The summed E-state index contributed by atoms with van der Waals surface area (Å²) in [5.74, 6) is -0.199. The number of aliphatic hydroxyl groups excluding tert-OH is 1. The standard InChI is InChI=1S/C51H96O4/c1-3-5-7-9-11-13-15-17-19-21-23-24-25-26-27-28-29-30-32-34-36-38-40-42-44-46-51(53)55-50(48-52)49-54-47-45-43-41-39-37-35-33-31-22-20-18-16-14-12-10-8-6-4-2/h15,17-18,20-21,23,50,52H,3-14,16,19,22,24-49H2,1-2H3/b17-15-,20-18-,23-21-. The maximum Gasteiger partial charge on any atom is 0.306 e. The molecule has 0 aliphatic rings. The molecule has 1 N–H and O–H groups in total. The molecule has 0 fully saturated rings. The molecular weight excluding hydrogens is 677 g/mol. The third kappa shape index (κ3) is 46.9. The highest BCUT2D eigenvalue weighted by atomic mass is 16.6. The van der Waals surface area contributed by atoms with Crippen molar-refractivity contribution in [2.75, 3.05) is 19.8 Å². The van der Waals surface area contributed by atoms with Crippen molar-refractivity contribution in [3.8, 4) is 0 Å². The van der Waals surface area contributed by atoms with Crippen LogP contribution in [0.15, 0.2) is 36.5 Å². The Labute approximate surface area is 344 Å². The second kappa shape index (κ2) is 48.8. The molecule has 1 atom stereocenters. The van der Waals surface area contributed by atoms with Crippen molar-refractivity contribution in [3.05, 3.63) is 36.5 Å². The van der Waals surface area contributed by atoms with Gasteiger partial charge in [-0.1, -0.05) is 217 Å². The summed E-state index contributed by atoms with van der Waals surface area (Å²) in [6.45, 7) is 5.36. The van der Waals surface area contributed by atoms with E-state index < -0.39 is 6.10 Å². The van der Waals surface area contributed by atoms with E-state index in [2.05, 4.69) is 50.3 Å². The molecule has 4 heteroatoms. The number of unbranched alkanes of at least 4 members (excludes halogenated alkanes) is 32. The summed E-state index contributed by atoms with van der Waals surface area (Å²) in [6, 6.07) is 0. The van der Waals surface area contributed by atoms with Crippen LogP contribution in [-0.4, -0.2) is 37.0 Å². The number of ether oxygens (including phenoxy) is 2. The van der Waals surface area contributed by atoms with Gasteiger partial charge in [-0.3, -0.25) is 4.79 Å². The molecule has 0 aliphatic heterocycles. The first-order chi connectivity index (χ1) is 27.2. The Kier molecular flexibility index (Phi) is 47.5. The van der Waals surface area contributed by atoms with E-state index in [9.17, 15) is 9.90 Å². The molecule has 1 unspecified atom stereocenters. The third-order valence-electron chi connectivity index (χ3n) is 10.9. The predicted octanol–water partition coefficient (Wildman–Crippen LogP) is 16.4. The zero-order valence-corrected chi connectivity index (χ0v) is 37.2. The van der Waals surface area contributed by atoms with Crippen LogP contribution in [0.3, 0.4) is 0 Å². The first kappa shape index (κ1) is 53.6. The van der Waals surface area contributed by atoms with Crippen LogP contribution in [0.5, 0.6) is 0 Å². The molecule has 0 saturated heterocycles. The quantitative estimate of drug-likeness (QED) is 0.0380. The van der Waals surface area contributed by atoms with Crippen LogP contribution in [0.4, 0.5) is 0 Å².